The van der Waals surface area contributed by atoms with Crippen LogP contribution >= 0.6 is 11.3 Å². The third kappa shape index (κ3) is 2.60. The Morgan fingerprint density at radius 3 is 2.70 bits per heavy atom. The van der Waals surface area contributed by atoms with E-state index in [1.807, 2.05) is 0 Å². The van der Waals surface area contributed by atoms with Crippen LogP contribution in [0.3, 0.4) is 0 Å². The first-order valence-corrected chi connectivity index (χ1v) is 7.11. The molecule has 0 radical (unpaired) electrons. The number of halogens is 3. The van der Waals surface area contributed by atoms with Crippen LogP contribution in [0.2, 0.25) is 0 Å². The second-order valence-electron chi connectivity index (χ2n) is 5.13. The van der Waals surface area contributed by atoms with Gasteiger partial charge in [0.05, 0.1) is 21.4 Å². The summed E-state index contributed by atoms with van der Waals surface area (Å²) in [5.74, 6) is 0. The van der Waals surface area contributed by atoms with Crippen molar-refractivity contribution < 1.29 is 18.3 Å². The molecular formula is C13H13F3N2OS. The van der Waals surface area contributed by atoms with Crippen molar-refractivity contribution in [2.45, 2.75) is 31.0 Å². The molecule has 108 valence electrons. The van der Waals surface area contributed by atoms with Gasteiger partial charge >= 0.3 is 6.18 Å². The molecule has 0 bridgehead atoms. The van der Waals surface area contributed by atoms with Crippen LogP contribution in [0.25, 0.3) is 10.2 Å². The Morgan fingerprint density at radius 1 is 1.35 bits per heavy atom. The number of nitrogens with one attached hydrogen (secondary N) is 1. The molecule has 1 fully saturated rings. The first kappa shape index (κ1) is 13.6. The highest BCUT2D eigenvalue weighted by Gasteiger charge is 2.34. The molecule has 20 heavy (non-hydrogen) atoms. The van der Waals surface area contributed by atoms with Gasteiger partial charge < -0.3 is 10.4 Å². The van der Waals surface area contributed by atoms with Gasteiger partial charge in [0.1, 0.15) is 0 Å². The second kappa shape index (κ2) is 4.60. The SMILES string of the molecule is OC1(CNc2nc3cc(C(F)(F)F)ccc3s2)CCC1. The van der Waals surface area contributed by atoms with Crippen molar-refractivity contribution in [1.29, 1.82) is 0 Å². The Bertz CT molecular complexity index is 634. The fourth-order valence-electron chi connectivity index (χ4n) is 2.18. The lowest BCUT2D eigenvalue weighted by molar-refractivity contribution is -0.137. The van der Waals surface area contributed by atoms with E-state index in [4.69, 9.17) is 0 Å². The molecule has 7 heteroatoms. The number of anilines is 1. The topological polar surface area (TPSA) is 45.1 Å². The van der Waals surface area contributed by atoms with E-state index in [0.29, 0.717) is 21.9 Å². The zero-order valence-electron chi connectivity index (χ0n) is 10.5. The van der Waals surface area contributed by atoms with Gasteiger partial charge in [-0.15, -0.1) is 0 Å². The van der Waals surface area contributed by atoms with E-state index in [1.165, 1.54) is 17.4 Å². The third-order valence-corrected chi connectivity index (χ3v) is 4.56. The molecule has 0 aliphatic heterocycles. The Morgan fingerprint density at radius 2 is 2.10 bits per heavy atom. The number of nitrogens with zero attached hydrogens (tertiary/aromatic N) is 1. The summed E-state index contributed by atoms with van der Waals surface area (Å²) in [6, 6.07) is 3.54. The highest BCUT2D eigenvalue weighted by atomic mass is 32.1. The molecule has 1 aromatic heterocycles. The van der Waals surface area contributed by atoms with E-state index in [1.54, 1.807) is 0 Å². The normalized spacial score (nSPS) is 18.0. The van der Waals surface area contributed by atoms with E-state index in [-0.39, 0.29) is 0 Å². The number of alkyl halides is 3. The average molecular weight is 302 g/mol. The second-order valence-corrected chi connectivity index (χ2v) is 6.16. The van der Waals surface area contributed by atoms with Crippen LogP contribution in [0.15, 0.2) is 18.2 Å². The fourth-order valence-corrected chi connectivity index (χ4v) is 3.02. The van der Waals surface area contributed by atoms with Gasteiger partial charge in [-0.1, -0.05) is 11.3 Å². The number of aromatic nitrogens is 1. The van der Waals surface area contributed by atoms with Crippen molar-refractivity contribution in [2.75, 3.05) is 11.9 Å². The minimum Gasteiger partial charge on any atom is -0.388 e. The number of fused-ring (bicyclic) bond motifs is 1. The van der Waals surface area contributed by atoms with Gasteiger partial charge in [-0.05, 0) is 37.5 Å². The Balaban J connectivity index is 1.80. The molecule has 0 unspecified atom stereocenters. The lowest BCUT2D eigenvalue weighted by Crippen LogP contribution is -2.43. The molecule has 2 N–H and O–H groups in total. The fraction of sp³-hybridized carbons (Fsp3) is 0.462. The van der Waals surface area contributed by atoms with Gasteiger partial charge in [-0.25, -0.2) is 4.98 Å². The van der Waals surface area contributed by atoms with E-state index in [9.17, 15) is 18.3 Å². The molecule has 3 rings (SSSR count). The van der Waals surface area contributed by atoms with Crippen molar-refractivity contribution >= 4 is 26.7 Å². The summed E-state index contributed by atoms with van der Waals surface area (Å²) in [4.78, 5) is 4.14. The maximum atomic E-state index is 12.6. The first-order valence-electron chi connectivity index (χ1n) is 6.30. The lowest BCUT2D eigenvalue weighted by atomic mass is 9.80. The molecule has 1 aromatic carbocycles. The first-order chi connectivity index (χ1) is 9.36. The summed E-state index contributed by atoms with van der Waals surface area (Å²) in [6.45, 7) is 0.388. The van der Waals surface area contributed by atoms with Crippen LogP contribution in [0, 0.1) is 0 Å². The van der Waals surface area contributed by atoms with Crippen LogP contribution in [0.4, 0.5) is 18.3 Å². The smallest absolute Gasteiger partial charge is 0.388 e. The predicted molar refractivity (Wildman–Crippen MR) is 71.9 cm³/mol. The molecule has 1 heterocycles. The van der Waals surface area contributed by atoms with Gasteiger partial charge in [0, 0.05) is 6.54 Å². The summed E-state index contributed by atoms with van der Waals surface area (Å²) in [5.41, 5.74) is -1.05. The summed E-state index contributed by atoms with van der Waals surface area (Å²) in [5, 5.41) is 13.5. The third-order valence-electron chi connectivity index (χ3n) is 3.57. The summed E-state index contributed by atoms with van der Waals surface area (Å²) in [6.07, 6.45) is -1.84. The van der Waals surface area contributed by atoms with E-state index in [0.717, 1.165) is 31.4 Å². The van der Waals surface area contributed by atoms with Crippen molar-refractivity contribution in [3.63, 3.8) is 0 Å². The van der Waals surface area contributed by atoms with E-state index >= 15 is 0 Å². The quantitative estimate of drug-likeness (QED) is 0.910. The number of benzene rings is 1. The minimum absolute atomic E-state index is 0.327. The Kier molecular flexibility index (Phi) is 3.13. The van der Waals surface area contributed by atoms with Gasteiger partial charge in [-0.2, -0.15) is 13.2 Å². The Labute approximate surface area is 117 Å². The number of hydrogen-bond acceptors (Lipinski definition) is 4. The van der Waals surface area contributed by atoms with Crippen LogP contribution in [0.1, 0.15) is 24.8 Å². The zero-order valence-corrected chi connectivity index (χ0v) is 11.3. The van der Waals surface area contributed by atoms with Gasteiger partial charge in [-0.3, -0.25) is 0 Å². The zero-order chi connectivity index (χ0) is 14.4. The monoisotopic (exact) mass is 302 g/mol. The molecule has 1 saturated carbocycles. The standard InChI is InChI=1S/C13H13F3N2OS/c14-13(15,16)8-2-3-10-9(6-8)18-11(20-10)17-7-12(19)4-1-5-12/h2-3,6,19H,1,4-5,7H2,(H,17,18). The molecule has 1 aliphatic rings. The van der Waals surface area contributed by atoms with Crippen LogP contribution in [-0.4, -0.2) is 22.2 Å². The summed E-state index contributed by atoms with van der Waals surface area (Å²) < 4.78 is 38.5. The summed E-state index contributed by atoms with van der Waals surface area (Å²) >= 11 is 1.29. The highest BCUT2D eigenvalue weighted by molar-refractivity contribution is 7.22. The number of aliphatic hydroxyl groups is 1. The average Bonchev–Trinajstić information content (AvgIpc) is 2.74. The maximum Gasteiger partial charge on any atom is 0.416 e. The van der Waals surface area contributed by atoms with Crippen molar-refractivity contribution in [3.05, 3.63) is 23.8 Å². The number of thiazole rings is 1. The summed E-state index contributed by atoms with van der Waals surface area (Å²) in [7, 11) is 0. The number of rotatable bonds is 3. The molecule has 2 aromatic rings. The van der Waals surface area contributed by atoms with Crippen molar-refractivity contribution in [2.24, 2.45) is 0 Å². The van der Waals surface area contributed by atoms with Crippen LogP contribution in [-0.2, 0) is 6.18 Å². The molecule has 1 aliphatic carbocycles. The lowest BCUT2D eigenvalue weighted by Gasteiger charge is -2.36. The molecule has 0 amide bonds. The molecule has 0 atom stereocenters. The van der Waals surface area contributed by atoms with Gasteiger partial charge in [0.15, 0.2) is 5.13 Å². The minimum atomic E-state index is -4.35. The molecular weight excluding hydrogens is 289 g/mol. The maximum absolute atomic E-state index is 12.6. The largest absolute Gasteiger partial charge is 0.416 e. The van der Waals surface area contributed by atoms with E-state index < -0.39 is 17.3 Å². The molecule has 0 spiro atoms. The van der Waals surface area contributed by atoms with Crippen molar-refractivity contribution in [3.8, 4) is 0 Å². The van der Waals surface area contributed by atoms with Crippen LogP contribution < -0.4 is 5.32 Å². The Hall–Kier alpha value is -1.34. The predicted octanol–water partition coefficient (Wildman–Crippen LogP) is 3.64. The van der Waals surface area contributed by atoms with Crippen molar-refractivity contribution in [1.82, 2.24) is 4.98 Å². The molecule has 0 saturated heterocycles. The van der Waals surface area contributed by atoms with Gasteiger partial charge in [0.25, 0.3) is 0 Å². The van der Waals surface area contributed by atoms with Crippen LogP contribution in [0.5, 0.6) is 0 Å². The molecule has 3 nitrogen and oxygen atoms in total. The van der Waals surface area contributed by atoms with E-state index in [2.05, 4.69) is 10.3 Å². The highest BCUT2D eigenvalue weighted by Crippen LogP contribution is 2.35. The number of hydrogen-bond donors (Lipinski definition) is 2. The van der Waals surface area contributed by atoms with Gasteiger partial charge in [0.2, 0.25) is 0 Å².